The Labute approximate surface area is 167 Å². The van der Waals surface area contributed by atoms with Crippen molar-refractivity contribution in [3.63, 3.8) is 0 Å². The van der Waals surface area contributed by atoms with Crippen molar-refractivity contribution < 1.29 is 4.79 Å². The molecular weight excluding hydrogens is 387 g/mol. The number of amidine groups is 1. The lowest BCUT2D eigenvalue weighted by Crippen LogP contribution is -2.28. The Kier molecular flexibility index (Phi) is 6.07. The molecule has 1 saturated heterocycles. The molecule has 0 bridgehead atoms. The van der Waals surface area contributed by atoms with Crippen LogP contribution >= 0.6 is 35.0 Å². The summed E-state index contributed by atoms with van der Waals surface area (Å²) in [5.41, 5.74) is 2.81. The van der Waals surface area contributed by atoms with Crippen LogP contribution in [0, 0.1) is 0 Å². The molecule has 0 spiro atoms. The van der Waals surface area contributed by atoms with Crippen molar-refractivity contribution in [2.24, 2.45) is 4.99 Å². The van der Waals surface area contributed by atoms with Crippen LogP contribution in [0.2, 0.25) is 10.0 Å². The molecule has 0 N–H and O–H groups in total. The van der Waals surface area contributed by atoms with Crippen molar-refractivity contribution in [3.8, 4) is 0 Å². The van der Waals surface area contributed by atoms with E-state index in [9.17, 15) is 4.79 Å². The number of benzene rings is 2. The van der Waals surface area contributed by atoms with Gasteiger partial charge in [0.1, 0.15) is 0 Å². The number of aliphatic imine (C=N–C) groups is 1. The van der Waals surface area contributed by atoms with E-state index < -0.39 is 0 Å². The molecule has 3 rings (SSSR count). The van der Waals surface area contributed by atoms with Crippen molar-refractivity contribution >= 4 is 57.8 Å². The van der Waals surface area contributed by atoms with E-state index in [1.54, 1.807) is 23.1 Å². The van der Waals surface area contributed by atoms with Crippen LogP contribution in [0.1, 0.15) is 25.0 Å². The SMILES string of the molecule is CCc1ccccc1N=C1S/C(=C/c2ccc(Cl)cc2Cl)C(=O)N1CC. The topological polar surface area (TPSA) is 32.7 Å². The van der Waals surface area contributed by atoms with Crippen molar-refractivity contribution in [1.82, 2.24) is 4.90 Å². The van der Waals surface area contributed by atoms with Crippen LogP contribution in [-0.4, -0.2) is 22.5 Å². The van der Waals surface area contributed by atoms with Gasteiger partial charge < -0.3 is 0 Å². The highest BCUT2D eigenvalue weighted by Gasteiger charge is 2.32. The number of carbonyl (C=O) groups is 1. The van der Waals surface area contributed by atoms with Gasteiger partial charge in [0.25, 0.3) is 5.91 Å². The van der Waals surface area contributed by atoms with E-state index in [4.69, 9.17) is 28.2 Å². The fourth-order valence-corrected chi connectivity index (χ4v) is 4.16. The van der Waals surface area contributed by atoms with Crippen molar-refractivity contribution in [2.75, 3.05) is 6.54 Å². The summed E-state index contributed by atoms with van der Waals surface area (Å²) in [6.45, 7) is 4.60. The summed E-state index contributed by atoms with van der Waals surface area (Å²) in [4.78, 5) is 19.8. The maximum Gasteiger partial charge on any atom is 0.266 e. The molecule has 2 aromatic carbocycles. The van der Waals surface area contributed by atoms with E-state index in [1.165, 1.54) is 11.8 Å². The van der Waals surface area contributed by atoms with Gasteiger partial charge in [0.2, 0.25) is 0 Å². The number of likely N-dealkylation sites (N-methyl/N-ethyl adjacent to an activating group) is 1. The molecule has 3 nitrogen and oxygen atoms in total. The first-order valence-corrected chi connectivity index (χ1v) is 9.93. The number of nitrogens with zero attached hydrogens (tertiary/aromatic N) is 2. The van der Waals surface area contributed by atoms with E-state index in [1.807, 2.05) is 31.2 Å². The van der Waals surface area contributed by atoms with Crippen LogP contribution in [0.15, 0.2) is 52.4 Å². The monoisotopic (exact) mass is 404 g/mol. The largest absolute Gasteiger partial charge is 0.287 e. The molecule has 0 saturated carbocycles. The van der Waals surface area contributed by atoms with E-state index in [0.29, 0.717) is 26.7 Å². The van der Waals surface area contributed by atoms with E-state index >= 15 is 0 Å². The molecule has 1 aliphatic rings. The van der Waals surface area contributed by atoms with Gasteiger partial charge in [-0.05, 0) is 60.5 Å². The maximum atomic E-state index is 12.8. The third-order valence-corrected chi connectivity index (χ3v) is 5.61. The smallest absolute Gasteiger partial charge is 0.266 e. The number of carbonyl (C=O) groups excluding carboxylic acids is 1. The predicted molar refractivity (Wildman–Crippen MR) is 112 cm³/mol. The summed E-state index contributed by atoms with van der Waals surface area (Å²) in [5, 5.41) is 1.77. The fraction of sp³-hybridized carbons (Fsp3) is 0.200. The molecular formula is C20H18Cl2N2OS. The standard InChI is InChI=1S/C20H18Cl2N2OS/c1-3-13-7-5-6-8-17(13)23-20-24(4-2)19(25)18(26-20)11-14-9-10-15(21)12-16(14)22/h5-12H,3-4H2,1-2H3/b18-11+,23-20?. The highest BCUT2D eigenvalue weighted by Crippen LogP contribution is 2.36. The van der Waals surface area contributed by atoms with Gasteiger partial charge in [-0.3, -0.25) is 9.69 Å². The molecule has 1 amide bonds. The normalized spacial score (nSPS) is 17.5. The van der Waals surface area contributed by atoms with Crippen molar-refractivity contribution in [1.29, 1.82) is 0 Å². The second-order valence-electron chi connectivity index (χ2n) is 5.70. The molecule has 1 fully saturated rings. The highest BCUT2D eigenvalue weighted by atomic mass is 35.5. The Morgan fingerprint density at radius 1 is 1.15 bits per heavy atom. The Morgan fingerprint density at radius 2 is 1.92 bits per heavy atom. The molecule has 2 aromatic rings. The third kappa shape index (κ3) is 3.98. The van der Waals surface area contributed by atoms with Crippen LogP contribution < -0.4 is 0 Å². The summed E-state index contributed by atoms with van der Waals surface area (Å²) in [6, 6.07) is 13.2. The van der Waals surface area contributed by atoms with Gasteiger partial charge in [-0.1, -0.05) is 54.4 Å². The van der Waals surface area contributed by atoms with E-state index in [-0.39, 0.29) is 5.91 Å². The summed E-state index contributed by atoms with van der Waals surface area (Å²) in [5.74, 6) is -0.0590. The first-order valence-electron chi connectivity index (χ1n) is 8.36. The quantitative estimate of drug-likeness (QED) is 0.569. The minimum atomic E-state index is -0.0590. The van der Waals surface area contributed by atoms with Crippen LogP contribution in [0.3, 0.4) is 0 Å². The molecule has 1 aliphatic heterocycles. The number of thioether (sulfide) groups is 1. The molecule has 1 heterocycles. The van der Waals surface area contributed by atoms with E-state index in [2.05, 4.69) is 13.0 Å². The molecule has 0 aliphatic carbocycles. The van der Waals surface area contributed by atoms with Gasteiger partial charge in [-0.25, -0.2) is 4.99 Å². The van der Waals surface area contributed by atoms with Gasteiger partial charge >= 0.3 is 0 Å². The van der Waals surface area contributed by atoms with Crippen molar-refractivity contribution in [2.45, 2.75) is 20.3 Å². The third-order valence-electron chi connectivity index (χ3n) is 4.04. The van der Waals surface area contributed by atoms with E-state index in [0.717, 1.165) is 23.2 Å². The molecule has 0 atom stereocenters. The maximum absolute atomic E-state index is 12.8. The van der Waals surface area contributed by atoms with Gasteiger partial charge in [-0.15, -0.1) is 0 Å². The number of aryl methyl sites for hydroxylation is 1. The first kappa shape index (κ1) is 19.0. The lowest BCUT2D eigenvalue weighted by atomic mass is 10.1. The molecule has 0 aromatic heterocycles. The minimum absolute atomic E-state index is 0.0590. The summed E-state index contributed by atoms with van der Waals surface area (Å²) in [6.07, 6.45) is 2.68. The fourth-order valence-electron chi connectivity index (χ4n) is 2.65. The average Bonchev–Trinajstić information content (AvgIpc) is 2.92. The zero-order chi connectivity index (χ0) is 18.7. The first-order chi connectivity index (χ1) is 12.5. The van der Waals surface area contributed by atoms with Gasteiger partial charge in [0.15, 0.2) is 5.17 Å². The lowest BCUT2D eigenvalue weighted by Gasteiger charge is -2.12. The van der Waals surface area contributed by atoms with Gasteiger partial charge in [0.05, 0.1) is 10.6 Å². The Bertz CT molecular complexity index is 908. The zero-order valence-corrected chi connectivity index (χ0v) is 16.8. The molecule has 6 heteroatoms. The number of hydrogen-bond donors (Lipinski definition) is 0. The van der Waals surface area contributed by atoms with Gasteiger partial charge in [-0.2, -0.15) is 0 Å². The predicted octanol–water partition coefficient (Wildman–Crippen LogP) is 6.18. The number of hydrogen-bond acceptors (Lipinski definition) is 3. The number of para-hydroxylation sites is 1. The summed E-state index contributed by atoms with van der Waals surface area (Å²) < 4.78 is 0. The van der Waals surface area contributed by atoms with Crippen LogP contribution in [0.4, 0.5) is 5.69 Å². The Hall–Kier alpha value is -1.75. The summed E-state index contributed by atoms with van der Waals surface area (Å²) >= 11 is 13.6. The zero-order valence-electron chi connectivity index (χ0n) is 14.5. The van der Waals surface area contributed by atoms with Crippen LogP contribution in [0.5, 0.6) is 0 Å². The number of amides is 1. The highest BCUT2D eigenvalue weighted by molar-refractivity contribution is 8.18. The second kappa shape index (κ2) is 8.30. The molecule has 0 radical (unpaired) electrons. The average molecular weight is 405 g/mol. The Balaban J connectivity index is 1.98. The van der Waals surface area contributed by atoms with Crippen LogP contribution in [0.25, 0.3) is 6.08 Å². The number of halogens is 2. The van der Waals surface area contributed by atoms with Crippen LogP contribution in [-0.2, 0) is 11.2 Å². The summed E-state index contributed by atoms with van der Waals surface area (Å²) in [7, 11) is 0. The van der Waals surface area contributed by atoms with Crippen molar-refractivity contribution in [3.05, 3.63) is 68.5 Å². The Morgan fingerprint density at radius 3 is 2.62 bits per heavy atom. The minimum Gasteiger partial charge on any atom is -0.287 e. The van der Waals surface area contributed by atoms with Gasteiger partial charge in [0, 0.05) is 16.6 Å². The second-order valence-corrected chi connectivity index (χ2v) is 7.56. The molecule has 134 valence electrons. The molecule has 0 unspecified atom stereocenters. The molecule has 26 heavy (non-hydrogen) atoms. The lowest BCUT2D eigenvalue weighted by molar-refractivity contribution is -0.122. The number of rotatable bonds is 4.